The van der Waals surface area contributed by atoms with Crippen molar-refractivity contribution < 1.29 is 4.79 Å². The van der Waals surface area contributed by atoms with Crippen molar-refractivity contribution in [2.45, 2.75) is 12.8 Å². The van der Waals surface area contributed by atoms with E-state index in [-0.39, 0.29) is 5.91 Å². The fourth-order valence-electron chi connectivity index (χ4n) is 2.73. The predicted octanol–water partition coefficient (Wildman–Crippen LogP) is 2.36. The molecule has 1 N–H and O–H groups in total. The third kappa shape index (κ3) is 2.89. The van der Waals surface area contributed by atoms with Gasteiger partial charge in [0.05, 0.1) is 0 Å². The van der Waals surface area contributed by atoms with Gasteiger partial charge in [-0.3, -0.25) is 4.79 Å². The van der Waals surface area contributed by atoms with E-state index in [0.29, 0.717) is 5.69 Å². The second-order valence-corrected chi connectivity index (χ2v) is 5.22. The molecule has 1 aromatic carbocycles. The van der Waals surface area contributed by atoms with Gasteiger partial charge >= 0.3 is 0 Å². The lowest BCUT2D eigenvalue weighted by Gasteiger charge is -2.20. The van der Waals surface area contributed by atoms with E-state index < -0.39 is 0 Å². The van der Waals surface area contributed by atoms with Gasteiger partial charge < -0.3 is 10.2 Å². The van der Waals surface area contributed by atoms with Crippen molar-refractivity contribution >= 4 is 11.7 Å². The number of hydrogen-bond donors (Lipinski definition) is 1. The molecule has 0 saturated heterocycles. The predicted molar refractivity (Wildman–Crippen MR) is 83.5 cm³/mol. The second-order valence-electron chi connectivity index (χ2n) is 5.22. The van der Waals surface area contributed by atoms with Gasteiger partial charge in [-0.05, 0) is 36.1 Å². The molecule has 1 aromatic heterocycles. The van der Waals surface area contributed by atoms with Crippen LogP contribution in [-0.4, -0.2) is 35.9 Å². The fourth-order valence-corrected chi connectivity index (χ4v) is 2.73. The highest BCUT2D eigenvalue weighted by Gasteiger charge is 2.20. The zero-order chi connectivity index (χ0) is 14.7. The number of pyridine rings is 1. The second kappa shape index (κ2) is 5.95. The lowest BCUT2D eigenvalue weighted by molar-refractivity contribution is 0.0757. The Bertz CT molecular complexity index is 627. The Labute approximate surface area is 124 Å². The molecule has 0 spiro atoms. The van der Waals surface area contributed by atoms with Crippen LogP contribution in [0, 0.1) is 0 Å². The minimum Gasteiger partial charge on any atom is -0.373 e. The van der Waals surface area contributed by atoms with Gasteiger partial charge in [0.15, 0.2) is 0 Å². The normalized spacial score (nSPS) is 14.2. The number of fused-ring (bicyclic) bond motifs is 1. The third-order valence-electron chi connectivity index (χ3n) is 3.93. The van der Waals surface area contributed by atoms with E-state index >= 15 is 0 Å². The molecule has 0 fully saturated rings. The Morgan fingerprint density at radius 1 is 1.05 bits per heavy atom. The molecule has 3 rings (SSSR count). The molecule has 0 atom stereocenters. The van der Waals surface area contributed by atoms with Gasteiger partial charge in [0.2, 0.25) is 0 Å². The van der Waals surface area contributed by atoms with Crippen molar-refractivity contribution in [2.75, 3.05) is 25.5 Å². The van der Waals surface area contributed by atoms with Crippen LogP contribution >= 0.6 is 0 Å². The SMILES string of the molecule is CNc1cccc(C(=O)N2CCc3ccccc3CC2)n1. The van der Waals surface area contributed by atoms with Gasteiger partial charge in [-0.1, -0.05) is 30.3 Å². The molecule has 0 radical (unpaired) electrons. The number of amides is 1. The van der Waals surface area contributed by atoms with E-state index in [0.717, 1.165) is 31.7 Å². The Morgan fingerprint density at radius 3 is 2.33 bits per heavy atom. The Balaban J connectivity index is 1.77. The van der Waals surface area contributed by atoms with Crippen LogP contribution in [0.3, 0.4) is 0 Å². The smallest absolute Gasteiger partial charge is 0.272 e. The quantitative estimate of drug-likeness (QED) is 0.919. The van der Waals surface area contributed by atoms with Gasteiger partial charge in [0, 0.05) is 20.1 Å². The summed E-state index contributed by atoms with van der Waals surface area (Å²) in [6.45, 7) is 1.50. The first-order valence-corrected chi connectivity index (χ1v) is 7.29. The first-order chi connectivity index (χ1) is 10.3. The molecule has 0 unspecified atom stereocenters. The van der Waals surface area contributed by atoms with E-state index in [2.05, 4.69) is 34.6 Å². The number of nitrogens with zero attached hydrogens (tertiary/aromatic N) is 2. The summed E-state index contributed by atoms with van der Waals surface area (Å²) < 4.78 is 0. The van der Waals surface area contributed by atoms with Gasteiger partial charge in [-0.15, -0.1) is 0 Å². The fraction of sp³-hybridized carbons (Fsp3) is 0.294. The molecular formula is C17H19N3O. The largest absolute Gasteiger partial charge is 0.373 e. The van der Waals surface area contributed by atoms with Crippen molar-refractivity contribution in [2.24, 2.45) is 0 Å². The number of nitrogens with one attached hydrogen (secondary N) is 1. The van der Waals surface area contributed by atoms with Gasteiger partial charge in [0.1, 0.15) is 11.5 Å². The van der Waals surface area contributed by atoms with E-state index in [1.165, 1.54) is 11.1 Å². The summed E-state index contributed by atoms with van der Waals surface area (Å²) in [4.78, 5) is 18.9. The number of aromatic nitrogens is 1. The van der Waals surface area contributed by atoms with Crippen LogP contribution in [0.15, 0.2) is 42.5 Å². The van der Waals surface area contributed by atoms with Crippen molar-refractivity contribution in [1.82, 2.24) is 9.88 Å². The number of anilines is 1. The van der Waals surface area contributed by atoms with Crippen molar-refractivity contribution in [1.29, 1.82) is 0 Å². The number of benzene rings is 1. The lowest BCUT2D eigenvalue weighted by Crippen LogP contribution is -2.33. The van der Waals surface area contributed by atoms with Crippen LogP contribution in [-0.2, 0) is 12.8 Å². The third-order valence-corrected chi connectivity index (χ3v) is 3.93. The van der Waals surface area contributed by atoms with E-state index in [1.54, 1.807) is 13.1 Å². The monoisotopic (exact) mass is 281 g/mol. The summed E-state index contributed by atoms with van der Waals surface area (Å²) in [5.41, 5.74) is 3.21. The molecule has 1 aliphatic rings. The summed E-state index contributed by atoms with van der Waals surface area (Å²) in [6, 6.07) is 13.9. The van der Waals surface area contributed by atoms with E-state index in [4.69, 9.17) is 0 Å². The first-order valence-electron chi connectivity index (χ1n) is 7.29. The van der Waals surface area contributed by atoms with Gasteiger partial charge in [0.25, 0.3) is 5.91 Å². The summed E-state index contributed by atoms with van der Waals surface area (Å²) in [6.07, 6.45) is 1.82. The van der Waals surface area contributed by atoms with Gasteiger partial charge in [-0.2, -0.15) is 0 Å². The minimum atomic E-state index is 0.0138. The maximum absolute atomic E-state index is 12.6. The maximum Gasteiger partial charge on any atom is 0.272 e. The highest BCUT2D eigenvalue weighted by Crippen LogP contribution is 2.17. The molecule has 0 bridgehead atoms. The molecular weight excluding hydrogens is 262 g/mol. The van der Waals surface area contributed by atoms with Crippen LogP contribution in [0.4, 0.5) is 5.82 Å². The van der Waals surface area contributed by atoms with Crippen LogP contribution in [0.5, 0.6) is 0 Å². The molecule has 4 heteroatoms. The molecule has 108 valence electrons. The van der Waals surface area contributed by atoms with Crippen molar-refractivity contribution in [3.8, 4) is 0 Å². The Hall–Kier alpha value is -2.36. The molecule has 1 aliphatic heterocycles. The standard InChI is InChI=1S/C17H19N3O/c1-18-16-8-4-7-15(19-16)17(21)20-11-9-13-5-2-3-6-14(13)10-12-20/h2-8H,9-12H2,1H3,(H,18,19). The van der Waals surface area contributed by atoms with Crippen molar-refractivity contribution in [3.63, 3.8) is 0 Å². The van der Waals surface area contributed by atoms with E-state index in [9.17, 15) is 4.79 Å². The minimum absolute atomic E-state index is 0.0138. The molecule has 4 nitrogen and oxygen atoms in total. The first kappa shape index (κ1) is 13.6. The highest BCUT2D eigenvalue weighted by molar-refractivity contribution is 5.92. The Morgan fingerprint density at radius 2 is 1.71 bits per heavy atom. The average Bonchev–Trinajstić information content (AvgIpc) is 2.77. The number of carbonyl (C=O) groups is 1. The molecule has 0 aliphatic carbocycles. The average molecular weight is 281 g/mol. The van der Waals surface area contributed by atoms with Crippen LogP contribution < -0.4 is 5.32 Å². The van der Waals surface area contributed by atoms with Crippen LogP contribution in [0.2, 0.25) is 0 Å². The highest BCUT2D eigenvalue weighted by atomic mass is 16.2. The summed E-state index contributed by atoms with van der Waals surface area (Å²) in [7, 11) is 1.80. The summed E-state index contributed by atoms with van der Waals surface area (Å²) in [5, 5.41) is 2.97. The summed E-state index contributed by atoms with van der Waals surface area (Å²) in [5.74, 6) is 0.735. The molecule has 2 heterocycles. The van der Waals surface area contributed by atoms with E-state index in [1.807, 2.05) is 17.0 Å². The van der Waals surface area contributed by atoms with Crippen LogP contribution in [0.1, 0.15) is 21.6 Å². The molecule has 0 saturated carbocycles. The topological polar surface area (TPSA) is 45.2 Å². The van der Waals surface area contributed by atoms with Crippen LogP contribution in [0.25, 0.3) is 0 Å². The zero-order valence-corrected chi connectivity index (χ0v) is 12.2. The zero-order valence-electron chi connectivity index (χ0n) is 12.2. The Kier molecular flexibility index (Phi) is 3.86. The van der Waals surface area contributed by atoms with Gasteiger partial charge in [-0.25, -0.2) is 4.98 Å². The number of rotatable bonds is 2. The molecule has 2 aromatic rings. The number of carbonyl (C=O) groups excluding carboxylic acids is 1. The molecule has 21 heavy (non-hydrogen) atoms. The lowest BCUT2D eigenvalue weighted by atomic mass is 10.0. The summed E-state index contributed by atoms with van der Waals surface area (Å²) >= 11 is 0. The van der Waals surface area contributed by atoms with Crippen molar-refractivity contribution in [3.05, 3.63) is 59.3 Å². The molecule has 1 amide bonds. The maximum atomic E-state index is 12.6. The number of hydrogen-bond acceptors (Lipinski definition) is 3.